The van der Waals surface area contributed by atoms with Crippen LogP contribution in [0.3, 0.4) is 0 Å². The normalized spacial score (nSPS) is 28.1. The summed E-state index contributed by atoms with van der Waals surface area (Å²) in [5.74, 6) is 0.961. The Morgan fingerprint density at radius 1 is 1.24 bits per heavy atom. The number of rotatable bonds is 6. The molecule has 1 N–H and O–H groups in total. The molecule has 2 rings (SSSR count). The highest BCUT2D eigenvalue weighted by Gasteiger charge is 2.34. The lowest BCUT2D eigenvalue weighted by Crippen LogP contribution is -2.45. The van der Waals surface area contributed by atoms with Gasteiger partial charge in [-0.05, 0) is 58.0 Å². The van der Waals surface area contributed by atoms with Crippen molar-refractivity contribution in [2.45, 2.75) is 51.1 Å². The van der Waals surface area contributed by atoms with Crippen LogP contribution in [0.25, 0.3) is 0 Å². The van der Waals surface area contributed by atoms with Crippen LogP contribution in [-0.4, -0.2) is 50.3 Å². The minimum absolute atomic E-state index is 0.758. The van der Waals surface area contributed by atoms with E-state index in [0.717, 1.165) is 31.2 Å². The van der Waals surface area contributed by atoms with Crippen molar-refractivity contribution >= 4 is 0 Å². The number of ether oxygens (including phenoxy) is 1. The van der Waals surface area contributed by atoms with Gasteiger partial charge < -0.3 is 10.1 Å². The van der Waals surface area contributed by atoms with Crippen LogP contribution in [0, 0.1) is 5.92 Å². The van der Waals surface area contributed by atoms with Gasteiger partial charge in [0.05, 0.1) is 6.61 Å². The highest BCUT2D eigenvalue weighted by molar-refractivity contribution is 4.89. The van der Waals surface area contributed by atoms with Crippen molar-refractivity contribution in [1.29, 1.82) is 0 Å². The fourth-order valence-electron chi connectivity index (χ4n) is 3.10. The third-order valence-corrected chi connectivity index (χ3v) is 4.40. The molecule has 3 nitrogen and oxygen atoms in total. The van der Waals surface area contributed by atoms with E-state index in [2.05, 4.69) is 17.1 Å². The van der Waals surface area contributed by atoms with E-state index in [1.54, 1.807) is 0 Å². The Hall–Kier alpha value is -0.120. The van der Waals surface area contributed by atoms with Crippen molar-refractivity contribution in [3.63, 3.8) is 0 Å². The van der Waals surface area contributed by atoms with Crippen molar-refractivity contribution in [2.75, 3.05) is 33.4 Å². The maximum atomic E-state index is 5.29. The number of nitrogens with zero attached hydrogens (tertiary/aromatic N) is 1. The van der Waals surface area contributed by atoms with E-state index < -0.39 is 0 Å². The molecule has 1 aliphatic carbocycles. The molecule has 1 aliphatic heterocycles. The first kappa shape index (κ1) is 13.3. The molecular formula is C14H28N2O. The Labute approximate surface area is 106 Å². The molecule has 2 fully saturated rings. The summed E-state index contributed by atoms with van der Waals surface area (Å²) in [7, 11) is 1.81. The molecule has 0 radical (unpaired) electrons. The Kier molecular flexibility index (Phi) is 5.26. The van der Waals surface area contributed by atoms with Crippen LogP contribution in [0.2, 0.25) is 0 Å². The van der Waals surface area contributed by atoms with Crippen molar-refractivity contribution in [3.05, 3.63) is 0 Å². The summed E-state index contributed by atoms with van der Waals surface area (Å²) >= 11 is 0. The summed E-state index contributed by atoms with van der Waals surface area (Å²) in [5, 5.41) is 3.51. The first-order valence-corrected chi connectivity index (χ1v) is 7.28. The second-order valence-corrected chi connectivity index (χ2v) is 5.64. The van der Waals surface area contributed by atoms with E-state index in [1.165, 1.54) is 45.2 Å². The third kappa shape index (κ3) is 3.94. The van der Waals surface area contributed by atoms with Gasteiger partial charge in [-0.25, -0.2) is 0 Å². The Morgan fingerprint density at radius 3 is 2.76 bits per heavy atom. The summed E-state index contributed by atoms with van der Waals surface area (Å²) in [5.41, 5.74) is 0. The summed E-state index contributed by atoms with van der Waals surface area (Å²) in [6.45, 7) is 6.80. The monoisotopic (exact) mass is 240 g/mol. The maximum absolute atomic E-state index is 5.29. The minimum atomic E-state index is 0.758. The summed E-state index contributed by atoms with van der Waals surface area (Å²) in [6.07, 6.45) is 6.87. The molecule has 0 bridgehead atoms. The van der Waals surface area contributed by atoms with Gasteiger partial charge in [-0.1, -0.05) is 0 Å². The molecule has 0 aromatic rings. The van der Waals surface area contributed by atoms with E-state index in [9.17, 15) is 0 Å². The lowest BCUT2D eigenvalue weighted by Gasteiger charge is -2.36. The zero-order valence-corrected chi connectivity index (χ0v) is 11.5. The summed E-state index contributed by atoms with van der Waals surface area (Å²) < 4.78 is 5.29. The highest BCUT2D eigenvalue weighted by Crippen LogP contribution is 2.36. The van der Waals surface area contributed by atoms with Crippen LogP contribution in [-0.2, 0) is 4.74 Å². The first-order valence-electron chi connectivity index (χ1n) is 7.28. The fourth-order valence-corrected chi connectivity index (χ4v) is 3.10. The predicted molar refractivity (Wildman–Crippen MR) is 71.3 cm³/mol. The van der Waals surface area contributed by atoms with Crippen LogP contribution < -0.4 is 5.32 Å². The van der Waals surface area contributed by atoms with Crippen LogP contribution >= 0.6 is 0 Å². The van der Waals surface area contributed by atoms with Gasteiger partial charge >= 0.3 is 0 Å². The van der Waals surface area contributed by atoms with Crippen molar-refractivity contribution in [2.24, 2.45) is 5.92 Å². The zero-order valence-electron chi connectivity index (χ0n) is 11.5. The molecule has 0 aromatic carbocycles. The van der Waals surface area contributed by atoms with Crippen LogP contribution in [0.5, 0.6) is 0 Å². The maximum Gasteiger partial charge on any atom is 0.0589 e. The number of hydrogen-bond donors (Lipinski definition) is 1. The van der Waals surface area contributed by atoms with Gasteiger partial charge in [0.15, 0.2) is 0 Å². The molecule has 0 amide bonds. The van der Waals surface area contributed by atoms with Crippen molar-refractivity contribution in [1.82, 2.24) is 10.2 Å². The van der Waals surface area contributed by atoms with Gasteiger partial charge in [0.2, 0.25) is 0 Å². The SMILES string of the molecule is COCCN(C1CCCNCC1)C(C)C1CC1. The molecule has 2 aliphatic rings. The number of nitrogens with one attached hydrogen (secondary N) is 1. The molecule has 1 saturated heterocycles. The fraction of sp³-hybridized carbons (Fsp3) is 1.00. The first-order chi connectivity index (χ1) is 8.33. The Morgan fingerprint density at radius 2 is 2.06 bits per heavy atom. The smallest absolute Gasteiger partial charge is 0.0589 e. The van der Waals surface area contributed by atoms with Gasteiger partial charge in [-0.3, -0.25) is 4.90 Å². The average Bonchev–Trinajstić information content (AvgIpc) is 3.17. The molecule has 2 atom stereocenters. The van der Waals surface area contributed by atoms with E-state index in [0.29, 0.717) is 0 Å². The van der Waals surface area contributed by atoms with Crippen LogP contribution in [0.1, 0.15) is 39.0 Å². The molecule has 3 heteroatoms. The van der Waals surface area contributed by atoms with Gasteiger partial charge in [-0.15, -0.1) is 0 Å². The van der Waals surface area contributed by atoms with Gasteiger partial charge in [0, 0.05) is 25.7 Å². The molecule has 1 heterocycles. The van der Waals surface area contributed by atoms with Gasteiger partial charge in [0.25, 0.3) is 0 Å². The van der Waals surface area contributed by atoms with Crippen molar-refractivity contribution in [3.8, 4) is 0 Å². The second-order valence-electron chi connectivity index (χ2n) is 5.64. The zero-order chi connectivity index (χ0) is 12.1. The van der Waals surface area contributed by atoms with E-state index in [4.69, 9.17) is 4.74 Å². The van der Waals surface area contributed by atoms with E-state index in [1.807, 2.05) is 7.11 Å². The lowest BCUT2D eigenvalue weighted by molar-refractivity contribution is 0.0757. The topological polar surface area (TPSA) is 24.5 Å². The third-order valence-electron chi connectivity index (χ3n) is 4.40. The number of hydrogen-bond acceptors (Lipinski definition) is 3. The van der Waals surface area contributed by atoms with Crippen LogP contribution in [0.15, 0.2) is 0 Å². The van der Waals surface area contributed by atoms with Crippen molar-refractivity contribution < 1.29 is 4.74 Å². The molecular weight excluding hydrogens is 212 g/mol. The Balaban J connectivity index is 1.91. The largest absolute Gasteiger partial charge is 0.383 e. The standard InChI is InChI=1S/C14H28N2O/c1-12(13-5-6-13)16(10-11-17-2)14-4-3-8-15-9-7-14/h12-15H,3-11H2,1-2H3. The molecule has 100 valence electrons. The highest BCUT2D eigenvalue weighted by atomic mass is 16.5. The molecule has 0 aromatic heterocycles. The quantitative estimate of drug-likeness (QED) is 0.767. The second kappa shape index (κ2) is 6.72. The average molecular weight is 240 g/mol. The van der Waals surface area contributed by atoms with E-state index >= 15 is 0 Å². The van der Waals surface area contributed by atoms with Gasteiger partial charge in [-0.2, -0.15) is 0 Å². The van der Waals surface area contributed by atoms with E-state index in [-0.39, 0.29) is 0 Å². The lowest BCUT2D eigenvalue weighted by atomic mass is 10.0. The van der Waals surface area contributed by atoms with Gasteiger partial charge in [0.1, 0.15) is 0 Å². The summed E-state index contributed by atoms with van der Waals surface area (Å²) in [6, 6.07) is 1.53. The molecule has 2 unspecified atom stereocenters. The number of methoxy groups -OCH3 is 1. The summed E-state index contributed by atoms with van der Waals surface area (Å²) in [4.78, 5) is 2.73. The van der Waals surface area contributed by atoms with Crippen LogP contribution in [0.4, 0.5) is 0 Å². The molecule has 17 heavy (non-hydrogen) atoms. The molecule has 0 spiro atoms. The minimum Gasteiger partial charge on any atom is -0.383 e. The Bertz CT molecular complexity index is 210. The molecule has 1 saturated carbocycles. The predicted octanol–water partition coefficient (Wildman–Crippen LogP) is 1.88.